The summed E-state index contributed by atoms with van der Waals surface area (Å²) in [5.41, 5.74) is 5.96. The van der Waals surface area contributed by atoms with Gasteiger partial charge in [0.25, 0.3) is 5.91 Å². The fraction of sp³-hybridized carbons (Fsp3) is 0.667. The molecule has 1 amide bonds. The molecule has 2 rings (SSSR count). The molecule has 3 N–H and O–H groups in total. The molecule has 1 aliphatic carbocycles. The lowest BCUT2D eigenvalue weighted by molar-refractivity contribution is 0.0915. The van der Waals surface area contributed by atoms with E-state index in [0.29, 0.717) is 16.7 Å². The Kier molecular flexibility index (Phi) is 3.99. The summed E-state index contributed by atoms with van der Waals surface area (Å²) in [7, 11) is 0. The van der Waals surface area contributed by atoms with Crippen molar-refractivity contribution in [3.63, 3.8) is 0 Å². The third kappa shape index (κ3) is 3.19. The van der Waals surface area contributed by atoms with E-state index in [1.54, 1.807) is 5.38 Å². The van der Waals surface area contributed by atoms with E-state index in [4.69, 9.17) is 5.73 Å². The van der Waals surface area contributed by atoms with Gasteiger partial charge in [-0.25, -0.2) is 4.98 Å². The highest BCUT2D eigenvalue weighted by Crippen LogP contribution is 2.26. The summed E-state index contributed by atoms with van der Waals surface area (Å²) < 4.78 is 0. The van der Waals surface area contributed by atoms with Crippen LogP contribution in [0, 0.1) is 5.92 Å². The number of nitrogens with zero attached hydrogens (tertiary/aromatic N) is 1. The number of nitrogen functional groups attached to an aromatic ring is 1. The number of carbonyl (C=O) groups excluding carboxylic acids is 1. The van der Waals surface area contributed by atoms with Crippen LogP contribution in [0.15, 0.2) is 5.38 Å². The molecule has 1 fully saturated rings. The van der Waals surface area contributed by atoms with Crippen molar-refractivity contribution in [2.45, 2.75) is 45.1 Å². The molecule has 4 nitrogen and oxygen atoms in total. The van der Waals surface area contributed by atoms with E-state index >= 15 is 0 Å². The Morgan fingerprint density at radius 3 is 2.82 bits per heavy atom. The summed E-state index contributed by atoms with van der Waals surface area (Å²) in [6, 6.07) is 0.228. The van der Waals surface area contributed by atoms with Crippen LogP contribution >= 0.6 is 11.3 Å². The van der Waals surface area contributed by atoms with Crippen LogP contribution in [0.1, 0.15) is 49.5 Å². The van der Waals surface area contributed by atoms with Gasteiger partial charge in [0, 0.05) is 11.4 Å². The number of nitrogens with two attached hydrogens (primary N) is 1. The van der Waals surface area contributed by atoms with Crippen molar-refractivity contribution in [3.05, 3.63) is 11.1 Å². The van der Waals surface area contributed by atoms with Crippen molar-refractivity contribution in [3.8, 4) is 0 Å². The van der Waals surface area contributed by atoms with Gasteiger partial charge in [0.2, 0.25) is 0 Å². The molecule has 0 radical (unpaired) electrons. The standard InChI is InChI=1S/C12H19N3OS/c1-8(9-5-3-2-4-6-9)14-11(16)10-7-17-12(13)15-10/h7-9H,2-6H2,1H3,(H2,13,15)(H,14,16)/t8-/m1/s1. The van der Waals surface area contributed by atoms with Crippen molar-refractivity contribution < 1.29 is 4.79 Å². The Balaban J connectivity index is 1.89. The van der Waals surface area contributed by atoms with Crippen molar-refractivity contribution in [1.29, 1.82) is 0 Å². The van der Waals surface area contributed by atoms with Gasteiger partial charge in [0.15, 0.2) is 5.13 Å². The number of hydrogen-bond donors (Lipinski definition) is 2. The van der Waals surface area contributed by atoms with Crippen LogP contribution in [0.3, 0.4) is 0 Å². The minimum atomic E-state index is -0.101. The summed E-state index contributed by atoms with van der Waals surface area (Å²) in [5.74, 6) is 0.514. The second-order valence-electron chi connectivity index (χ2n) is 4.73. The first kappa shape index (κ1) is 12.4. The van der Waals surface area contributed by atoms with Crippen LogP contribution in [0.5, 0.6) is 0 Å². The lowest BCUT2D eigenvalue weighted by atomic mass is 9.84. The SMILES string of the molecule is C[C@@H](NC(=O)c1csc(N)n1)C1CCCCC1. The summed E-state index contributed by atoms with van der Waals surface area (Å²) in [6.45, 7) is 2.09. The molecule has 0 unspecified atom stereocenters. The van der Waals surface area contributed by atoms with E-state index in [-0.39, 0.29) is 11.9 Å². The van der Waals surface area contributed by atoms with E-state index in [1.807, 2.05) is 0 Å². The van der Waals surface area contributed by atoms with Gasteiger partial charge in [-0.05, 0) is 25.7 Å². The van der Waals surface area contributed by atoms with Crippen LogP contribution in [0.25, 0.3) is 0 Å². The van der Waals surface area contributed by atoms with Crippen LogP contribution in [-0.2, 0) is 0 Å². The molecule has 0 saturated heterocycles. The van der Waals surface area contributed by atoms with E-state index in [0.717, 1.165) is 0 Å². The van der Waals surface area contributed by atoms with Gasteiger partial charge in [-0.3, -0.25) is 4.79 Å². The molecule has 94 valence electrons. The Labute approximate surface area is 106 Å². The molecule has 1 atom stereocenters. The maximum atomic E-state index is 11.9. The first-order valence-electron chi connectivity index (χ1n) is 6.18. The smallest absolute Gasteiger partial charge is 0.271 e. The third-order valence-corrected chi connectivity index (χ3v) is 4.14. The van der Waals surface area contributed by atoms with Crippen molar-refractivity contribution in [2.24, 2.45) is 5.92 Å². The van der Waals surface area contributed by atoms with Crippen LogP contribution in [0.2, 0.25) is 0 Å². The fourth-order valence-corrected chi connectivity index (χ4v) is 2.97. The van der Waals surface area contributed by atoms with Gasteiger partial charge in [0.1, 0.15) is 5.69 Å². The summed E-state index contributed by atoms with van der Waals surface area (Å²) in [6.07, 6.45) is 6.35. The zero-order valence-corrected chi connectivity index (χ0v) is 10.9. The Bertz CT molecular complexity index is 385. The van der Waals surface area contributed by atoms with Gasteiger partial charge in [-0.1, -0.05) is 19.3 Å². The molecule has 1 heterocycles. The molecule has 1 saturated carbocycles. The largest absolute Gasteiger partial charge is 0.375 e. The second kappa shape index (κ2) is 5.49. The van der Waals surface area contributed by atoms with E-state index in [2.05, 4.69) is 17.2 Å². The molecular formula is C12H19N3OS. The van der Waals surface area contributed by atoms with E-state index < -0.39 is 0 Å². The Morgan fingerprint density at radius 1 is 1.53 bits per heavy atom. The zero-order valence-electron chi connectivity index (χ0n) is 10.1. The van der Waals surface area contributed by atoms with E-state index in [1.165, 1.54) is 43.4 Å². The first-order chi connectivity index (χ1) is 8.16. The minimum Gasteiger partial charge on any atom is -0.375 e. The number of carbonyl (C=O) groups is 1. The summed E-state index contributed by atoms with van der Waals surface area (Å²) in [5, 5.41) is 5.18. The lowest BCUT2D eigenvalue weighted by Crippen LogP contribution is -2.39. The highest BCUT2D eigenvalue weighted by atomic mass is 32.1. The summed E-state index contributed by atoms with van der Waals surface area (Å²) >= 11 is 1.30. The Hall–Kier alpha value is -1.10. The van der Waals surface area contributed by atoms with Gasteiger partial charge in [0.05, 0.1) is 0 Å². The highest BCUT2D eigenvalue weighted by molar-refractivity contribution is 7.13. The summed E-state index contributed by atoms with van der Waals surface area (Å²) in [4.78, 5) is 15.9. The van der Waals surface area contributed by atoms with Gasteiger partial charge < -0.3 is 11.1 Å². The number of aromatic nitrogens is 1. The number of thiazole rings is 1. The number of hydrogen-bond acceptors (Lipinski definition) is 4. The molecule has 0 spiro atoms. The average molecular weight is 253 g/mol. The first-order valence-corrected chi connectivity index (χ1v) is 7.06. The molecule has 0 aromatic carbocycles. The average Bonchev–Trinajstić information content (AvgIpc) is 2.77. The molecule has 1 aliphatic rings. The minimum absolute atomic E-state index is 0.101. The molecule has 5 heteroatoms. The normalized spacial score (nSPS) is 18.9. The second-order valence-corrected chi connectivity index (χ2v) is 5.62. The molecule has 0 aliphatic heterocycles. The maximum Gasteiger partial charge on any atom is 0.271 e. The van der Waals surface area contributed by atoms with Gasteiger partial charge >= 0.3 is 0 Å². The number of nitrogens with one attached hydrogen (secondary N) is 1. The molecular weight excluding hydrogens is 234 g/mol. The monoisotopic (exact) mass is 253 g/mol. The highest BCUT2D eigenvalue weighted by Gasteiger charge is 2.22. The lowest BCUT2D eigenvalue weighted by Gasteiger charge is -2.28. The van der Waals surface area contributed by atoms with Crippen LogP contribution in [-0.4, -0.2) is 16.9 Å². The number of anilines is 1. The molecule has 1 aromatic rings. The predicted octanol–water partition coefficient (Wildman–Crippen LogP) is 2.42. The van der Waals surface area contributed by atoms with Crippen molar-refractivity contribution in [2.75, 3.05) is 5.73 Å². The maximum absolute atomic E-state index is 11.9. The van der Waals surface area contributed by atoms with Gasteiger partial charge in [-0.2, -0.15) is 0 Å². The topological polar surface area (TPSA) is 68.0 Å². The van der Waals surface area contributed by atoms with Crippen molar-refractivity contribution >= 4 is 22.4 Å². The van der Waals surface area contributed by atoms with Gasteiger partial charge in [-0.15, -0.1) is 11.3 Å². The third-order valence-electron chi connectivity index (χ3n) is 3.47. The van der Waals surface area contributed by atoms with Crippen LogP contribution < -0.4 is 11.1 Å². The Morgan fingerprint density at radius 2 is 2.24 bits per heavy atom. The number of rotatable bonds is 3. The fourth-order valence-electron chi connectivity index (χ4n) is 2.42. The quantitative estimate of drug-likeness (QED) is 0.869. The molecule has 0 bridgehead atoms. The van der Waals surface area contributed by atoms with E-state index in [9.17, 15) is 4.79 Å². The van der Waals surface area contributed by atoms with Crippen LogP contribution in [0.4, 0.5) is 5.13 Å². The molecule has 1 aromatic heterocycles. The van der Waals surface area contributed by atoms with Crippen molar-refractivity contribution in [1.82, 2.24) is 10.3 Å². The predicted molar refractivity (Wildman–Crippen MR) is 70.0 cm³/mol. The zero-order chi connectivity index (χ0) is 12.3. The molecule has 17 heavy (non-hydrogen) atoms. The number of amides is 1.